The van der Waals surface area contributed by atoms with Crippen LogP contribution in [0.2, 0.25) is 0 Å². The fraction of sp³-hybridized carbons (Fsp3) is 0.381. The van der Waals surface area contributed by atoms with Gasteiger partial charge in [-0.2, -0.15) is 4.31 Å². The second kappa shape index (κ2) is 10.4. The van der Waals surface area contributed by atoms with Crippen molar-refractivity contribution in [3.8, 4) is 23.0 Å². The summed E-state index contributed by atoms with van der Waals surface area (Å²) in [5.74, 6) is 1.35. The highest BCUT2D eigenvalue weighted by molar-refractivity contribution is 7.89. The minimum Gasteiger partial charge on any atom is -0.493 e. The molecule has 2 aromatic carbocycles. The van der Waals surface area contributed by atoms with Crippen molar-refractivity contribution in [1.82, 2.24) is 9.62 Å². The van der Waals surface area contributed by atoms with E-state index < -0.39 is 15.9 Å². The summed E-state index contributed by atoms with van der Waals surface area (Å²) in [5.41, 5.74) is 0.788. The van der Waals surface area contributed by atoms with Gasteiger partial charge in [-0.3, -0.25) is 4.79 Å². The molecule has 0 aliphatic heterocycles. The highest BCUT2D eigenvalue weighted by atomic mass is 32.2. The Bertz CT molecular complexity index is 1020. The van der Waals surface area contributed by atoms with Gasteiger partial charge >= 0.3 is 0 Å². The first-order chi connectivity index (χ1) is 14.7. The molecule has 0 saturated heterocycles. The van der Waals surface area contributed by atoms with Crippen LogP contribution < -0.4 is 24.3 Å². The van der Waals surface area contributed by atoms with E-state index in [1.54, 1.807) is 25.1 Å². The molecule has 170 valence electrons. The number of hydrogen-bond acceptors (Lipinski definition) is 7. The molecule has 0 radical (unpaired) electrons. The summed E-state index contributed by atoms with van der Waals surface area (Å²) in [5, 5.41) is 2.79. The van der Waals surface area contributed by atoms with E-state index in [-0.39, 0.29) is 23.2 Å². The van der Waals surface area contributed by atoms with Crippen molar-refractivity contribution in [2.45, 2.75) is 17.9 Å². The molecule has 0 aliphatic rings. The van der Waals surface area contributed by atoms with E-state index >= 15 is 0 Å². The van der Waals surface area contributed by atoms with Crippen molar-refractivity contribution >= 4 is 15.9 Å². The van der Waals surface area contributed by atoms with Crippen LogP contribution in [0.25, 0.3) is 0 Å². The van der Waals surface area contributed by atoms with Crippen molar-refractivity contribution < 1.29 is 32.2 Å². The monoisotopic (exact) mass is 452 g/mol. The molecule has 0 fully saturated rings. The molecule has 0 heterocycles. The fourth-order valence-corrected chi connectivity index (χ4v) is 4.08. The van der Waals surface area contributed by atoms with Gasteiger partial charge in [-0.15, -0.1) is 0 Å². The second-order valence-corrected chi connectivity index (χ2v) is 8.73. The Morgan fingerprint density at radius 2 is 1.42 bits per heavy atom. The maximum absolute atomic E-state index is 12.9. The zero-order valence-electron chi connectivity index (χ0n) is 18.5. The fourth-order valence-electron chi connectivity index (χ4n) is 2.94. The van der Waals surface area contributed by atoms with E-state index in [9.17, 15) is 13.2 Å². The van der Waals surface area contributed by atoms with Crippen LogP contribution >= 0.6 is 0 Å². The van der Waals surface area contributed by atoms with Crippen LogP contribution in [-0.4, -0.2) is 60.7 Å². The molecule has 0 aliphatic carbocycles. The number of rotatable bonds is 10. The minimum absolute atomic E-state index is 0.00612. The third kappa shape index (κ3) is 5.59. The van der Waals surface area contributed by atoms with Crippen molar-refractivity contribution in [3.05, 3.63) is 42.0 Å². The molecule has 2 rings (SSSR count). The summed E-state index contributed by atoms with van der Waals surface area (Å²) in [4.78, 5) is 12.5. The third-order valence-electron chi connectivity index (χ3n) is 4.71. The summed E-state index contributed by atoms with van der Waals surface area (Å²) in [7, 11) is 3.37. The Labute approximate surface area is 182 Å². The van der Waals surface area contributed by atoms with Crippen molar-refractivity contribution in [2.75, 3.05) is 42.0 Å². The van der Waals surface area contributed by atoms with Gasteiger partial charge in [-0.1, -0.05) is 6.07 Å². The Kier molecular flexibility index (Phi) is 8.12. The quantitative estimate of drug-likeness (QED) is 0.589. The highest BCUT2D eigenvalue weighted by Gasteiger charge is 2.25. The molecule has 0 spiro atoms. The summed E-state index contributed by atoms with van der Waals surface area (Å²) < 4.78 is 47.5. The average molecular weight is 453 g/mol. The first kappa shape index (κ1) is 24.3. The number of amides is 1. The summed E-state index contributed by atoms with van der Waals surface area (Å²) >= 11 is 0. The van der Waals surface area contributed by atoms with Crippen LogP contribution in [0, 0.1) is 0 Å². The first-order valence-corrected chi connectivity index (χ1v) is 10.8. The normalized spacial score (nSPS) is 12.2. The minimum atomic E-state index is -3.91. The van der Waals surface area contributed by atoms with Gasteiger partial charge in [0.15, 0.2) is 23.0 Å². The number of methoxy groups -OCH3 is 4. The Morgan fingerprint density at radius 3 is 1.97 bits per heavy atom. The van der Waals surface area contributed by atoms with Crippen LogP contribution in [0.4, 0.5) is 0 Å². The van der Waals surface area contributed by atoms with Gasteiger partial charge in [0.1, 0.15) is 0 Å². The van der Waals surface area contributed by atoms with Crippen molar-refractivity contribution in [2.24, 2.45) is 0 Å². The largest absolute Gasteiger partial charge is 0.493 e. The SMILES string of the molecule is COc1ccc([C@H](C)NC(=O)CN(C)S(=O)(=O)c2ccc(OC)c(OC)c2)cc1OC. The number of carbonyl (C=O) groups is 1. The molecule has 1 atom stereocenters. The van der Waals surface area contributed by atoms with Gasteiger partial charge < -0.3 is 24.3 Å². The Morgan fingerprint density at radius 1 is 0.903 bits per heavy atom. The number of nitrogens with zero attached hydrogens (tertiary/aromatic N) is 1. The molecular formula is C21H28N2O7S. The number of sulfonamides is 1. The lowest BCUT2D eigenvalue weighted by Gasteiger charge is -2.20. The first-order valence-electron chi connectivity index (χ1n) is 9.37. The number of hydrogen-bond donors (Lipinski definition) is 1. The van der Waals surface area contributed by atoms with Gasteiger partial charge in [0.05, 0.1) is 45.9 Å². The molecule has 0 aromatic heterocycles. The van der Waals surface area contributed by atoms with Gasteiger partial charge in [0, 0.05) is 13.1 Å². The number of carbonyl (C=O) groups excluding carboxylic acids is 1. The van der Waals surface area contributed by atoms with E-state index in [1.165, 1.54) is 53.7 Å². The average Bonchev–Trinajstić information content (AvgIpc) is 2.77. The van der Waals surface area contributed by atoms with Gasteiger partial charge in [-0.05, 0) is 36.8 Å². The Hall–Kier alpha value is -2.98. The summed E-state index contributed by atoms with van der Waals surface area (Å²) in [6.45, 7) is 1.44. The van der Waals surface area contributed by atoms with E-state index in [0.29, 0.717) is 17.2 Å². The standard InChI is InChI=1S/C21H28N2O7S/c1-14(15-7-9-17(27-3)19(11-15)29-5)22-21(24)13-23(2)31(25,26)16-8-10-18(28-4)20(12-16)30-6/h7-12,14H,13H2,1-6H3,(H,22,24)/t14-/m0/s1. The van der Waals surface area contributed by atoms with Crippen LogP contribution in [0.1, 0.15) is 18.5 Å². The lowest BCUT2D eigenvalue weighted by atomic mass is 10.1. The predicted octanol–water partition coefficient (Wildman–Crippen LogP) is 2.22. The summed E-state index contributed by atoms with van der Waals surface area (Å²) in [6, 6.07) is 9.18. The van der Waals surface area contributed by atoms with Gasteiger partial charge in [-0.25, -0.2) is 8.42 Å². The molecule has 10 heteroatoms. The van der Waals surface area contributed by atoms with E-state index in [4.69, 9.17) is 18.9 Å². The van der Waals surface area contributed by atoms with Crippen LogP contribution in [0.3, 0.4) is 0 Å². The molecular weight excluding hydrogens is 424 g/mol. The number of likely N-dealkylation sites (N-methyl/N-ethyl adjacent to an activating group) is 1. The number of nitrogens with one attached hydrogen (secondary N) is 1. The molecule has 2 aromatic rings. The van der Waals surface area contributed by atoms with E-state index in [2.05, 4.69) is 5.32 Å². The zero-order valence-corrected chi connectivity index (χ0v) is 19.3. The van der Waals surface area contributed by atoms with Crippen LogP contribution in [0.15, 0.2) is 41.3 Å². The molecule has 31 heavy (non-hydrogen) atoms. The molecule has 0 saturated carbocycles. The number of ether oxygens (including phenoxy) is 4. The molecule has 1 amide bonds. The second-order valence-electron chi connectivity index (χ2n) is 6.68. The molecule has 1 N–H and O–H groups in total. The van der Waals surface area contributed by atoms with Gasteiger partial charge in [0.25, 0.3) is 0 Å². The van der Waals surface area contributed by atoms with E-state index in [1.807, 2.05) is 0 Å². The predicted molar refractivity (Wildman–Crippen MR) is 115 cm³/mol. The van der Waals surface area contributed by atoms with E-state index in [0.717, 1.165) is 9.87 Å². The van der Waals surface area contributed by atoms with Gasteiger partial charge in [0.2, 0.25) is 15.9 Å². The van der Waals surface area contributed by atoms with Crippen LogP contribution in [0.5, 0.6) is 23.0 Å². The maximum atomic E-state index is 12.9. The molecule has 0 unspecified atom stereocenters. The zero-order chi connectivity index (χ0) is 23.2. The third-order valence-corrected chi connectivity index (χ3v) is 6.51. The maximum Gasteiger partial charge on any atom is 0.243 e. The molecule has 0 bridgehead atoms. The summed E-state index contributed by atoms with van der Waals surface area (Å²) in [6.07, 6.45) is 0. The van der Waals surface area contributed by atoms with Crippen molar-refractivity contribution in [3.63, 3.8) is 0 Å². The Balaban J connectivity index is 2.11. The number of benzene rings is 2. The van der Waals surface area contributed by atoms with Crippen molar-refractivity contribution in [1.29, 1.82) is 0 Å². The molecule has 9 nitrogen and oxygen atoms in total. The smallest absolute Gasteiger partial charge is 0.243 e. The lowest BCUT2D eigenvalue weighted by Crippen LogP contribution is -2.39. The lowest BCUT2D eigenvalue weighted by molar-refractivity contribution is -0.121. The topological polar surface area (TPSA) is 103 Å². The van der Waals surface area contributed by atoms with Crippen LogP contribution in [-0.2, 0) is 14.8 Å². The highest BCUT2D eigenvalue weighted by Crippen LogP contribution is 2.31.